The summed E-state index contributed by atoms with van der Waals surface area (Å²) in [5, 5.41) is 3.83. The molecule has 0 spiro atoms. The van der Waals surface area contributed by atoms with Crippen LogP contribution in [0.2, 0.25) is 10.0 Å². The molecule has 0 bridgehead atoms. The SMILES string of the molecule is CN1CCN2c3cc(Nc4ncc(C(=O)N(C)c5c(Cl)cccc5Cl)c(N(C)C=O)n4)ccc3OCC2C1. The first kappa shape index (κ1) is 26.0. The average molecular weight is 556 g/mol. The van der Waals surface area contributed by atoms with Crippen LogP contribution >= 0.6 is 23.2 Å². The van der Waals surface area contributed by atoms with Gasteiger partial charge in [-0.1, -0.05) is 29.3 Å². The predicted molar refractivity (Wildman–Crippen MR) is 150 cm³/mol. The zero-order valence-corrected chi connectivity index (χ0v) is 22.7. The molecule has 0 saturated carbocycles. The van der Waals surface area contributed by atoms with Crippen molar-refractivity contribution in [3.63, 3.8) is 0 Å². The van der Waals surface area contributed by atoms with Crippen molar-refractivity contribution in [2.45, 2.75) is 6.04 Å². The molecule has 3 heterocycles. The second-order valence-electron chi connectivity index (χ2n) is 9.31. The second kappa shape index (κ2) is 10.6. The highest BCUT2D eigenvalue weighted by Crippen LogP contribution is 2.38. The summed E-state index contributed by atoms with van der Waals surface area (Å²) in [5.41, 5.74) is 2.23. The maximum absolute atomic E-state index is 13.4. The minimum atomic E-state index is -0.470. The quantitative estimate of drug-likeness (QED) is 0.457. The molecular weight excluding hydrogens is 529 g/mol. The molecular formula is C26H27Cl2N7O3. The van der Waals surface area contributed by atoms with E-state index < -0.39 is 5.91 Å². The van der Waals surface area contributed by atoms with Crippen LogP contribution in [0.15, 0.2) is 42.6 Å². The number of nitrogens with zero attached hydrogens (tertiary/aromatic N) is 6. The molecule has 38 heavy (non-hydrogen) atoms. The number of likely N-dealkylation sites (N-methyl/N-ethyl adjacent to an activating group) is 1. The lowest BCUT2D eigenvalue weighted by atomic mass is 10.1. The largest absolute Gasteiger partial charge is 0.489 e. The maximum Gasteiger partial charge on any atom is 0.263 e. The minimum Gasteiger partial charge on any atom is -0.489 e. The summed E-state index contributed by atoms with van der Waals surface area (Å²) in [6, 6.07) is 11.1. The van der Waals surface area contributed by atoms with Gasteiger partial charge in [-0.3, -0.25) is 9.59 Å². The Morgan fingerprint density at radius 2 is 1.95 bits per heavy atom. The van der Waals surface area contributed by atoms with Crippen LogP contribution in [0.4, 0.5) is 28.8 Å². The van der Waals surface area contributed by atoms with Crippen molar-refractivity contribution in [3.05, 3.63) is 58.2 Å². The van der Waals surface area contributed by atoms with Crippen LogP contribution in [-0.4, -0.2) is 80.6 Å². The van der Waals surface area contributed by atoms with Crippen LogP contribution in [0.25, 0.3) is 0 Å². The number of benzene rings is 2. The Morgan fingerprint density at radius 3 is 2.68 bits per heavy atom. The molecule has 1 unspecified atom stereocenters. The molecule has 2 aliphatic rings. The molecule has 2 aliphatic heterocycles. The zero-order valence-electron chi connectivity index (χ0n) is 21.2. The number of amides is 2. The van der Waals surface area contributed by atoms with Crippen molar-refractivity contribution in [2.75, 3.05) is 67.4 Å². The number of nitrogens with one attached hydrogen (secondary N) is 1. The number of anilines is 5. The minimum absolute atomic E-state index is 0.114. The first-order valence-corrected chi connectivity index (χ1v) is 12.8. The summed E-state index contributed by atoms with van der Waals surface area (Å²) in [5.74, 6) is 0.733. The molecule has 3 aromatic rings. The fourth-order valence-corrected chi connectivity index (χ4v) is 5.37. The predicted octanol–water partition coefficient (Wildman–Crippen LogP) is 3.91. The first-order valence-electron chi connectivity index (χ1n) is 12.0. The monoisotopic (exact) mass is 555 g/mol. The summed E-state index contributed by atoms with van der Waals surface area (Å²) >= 11 is 12.6. The van der Waals surface area contributed by atoms with Crippen LogP contribution < -0.4 is 24.8 Å². The normalized spacial score (nSPS) is 16.7. The molecule has 1 N–H and O–H groups in total. The van der Waals surface area contributed by atoms with E-state index in [-0.39, 0.29) is 23.4 Å². The topological polar surface area (TPSA) is 94.1 Å². The Kier molecular flexibility index (Phi) is 7.29. The lowest BCUT2D eigenvalue weighted by Gasteiger charge is -2.44. The molecule has 5 rings (SSSR count). The van der Waals surface area contributed by atoms with E-state index in [0.717, 1.165) is 36.8 Å². The lowest BCUT2D eigenvalue weighted by Crippen LogP contribution is -2.56. The molecule has 1 fully saturated rings. The number of fused-ring (bicyclic) bond motifs is 3. The van der Waals surface area contributed by atoms with E-state index in [0.29, 0.717) is 28.7 Å². The van der Waals surface area contributed by atoms with Crippen molar-refractivity contribution in [1.29, 1.82) is 0 Å². The number of halogens is 2. The molecule has 1 atom stereocenters. The van der Waals surface area contributed by atoms with E-state index in [4.69, 9.17) is 27.9 Å². The molecule has 0 radical (unpaired) electrons. The van der Waals surface area contributed by atoms with Gasteiger partial charge < -0.3 is 29.7 Å². The van der Waals surface area contributed by atoms with Crippen LogP contribution in [0, 0.1) is 0 Å². The van der Waals surface area contributed by atoms with Gasteiger partial charge in [-0.05, 0) is 37.4 Å². The number of hydrogen-bond donors (Lipinski definition) is 1. The third-order valence-corrected chi connectivity index (χ3v) is 7.32. The molecule has 1 saturated heterocycles. The fourth-order valence-electron chi connectivity index (χ4n) is 4.72. The summed E-state index contributed by atoms with van der Waals surface area (Å²) in [6.07, 6.45) is 1.96. The summed E-state index contributed by atoms with van der Waals surface area (Å²) in [7, 11) is 5.18. The maximum atomic E-state index is 13.4. The van der Waals surface area contributed by atoms with E-state index in [1.807, 2.05) is 18.2 Å². The molecule has 12 heteroatoms. The van der Waals surface area contributed by atoms with Gasteiger partial charge in [0, 0.05) is 45.6 Å². The van der Waals surface area contributed by atoms with Gasteiger partial charge in [0.2, 0.25) is 12.4 Å². The van der Waals surface area contributed by atoms with Gasteiger partial charge in [0.1, 0.15) is 17.9 Å². The number of ether oxygens (including phenoxy) is 1. The van der Waals surface area contributed by atoms with Crippen molar-refractivity contribution in [2.24, 2.45) is 0 Å². The van der Waals surface area contributed by atoms with Gasteiger partial charge in [-0.2, -0.15) is 4.98 Å². The van der Waals surface area contributed by atoms with Crippen molar-refractivity contribution in [3.8, 4) is 5.75 Å². The Bertz CT molecular complexity index is 1370. The Balaban J connectivity index is 1.43. The zero-order chi connectivity index (χ0) is 27.0. The van der Waals surface area contributed by atoms with E-state index in [1.54, 1.807) is 25.2 Å². The van der Waals surface area contributed by atoms with E-state index in [9.17, 15) is 9.59 Å². The van der Waals surface area contributed by atoms with E-state index in [2.05, 4.69) is 32.1 Å². The number of hydrogen-bond acceptors (Lipinski definition) is 8. The first-order chi connectivity index (χ1) is 18.3. The highest BCUT2D eigenvalue weighted by Gasteiger charge is 2.32. The summed E-state index contributed by atoms with van der Waals surface area (Å²) in [6.45, 7) is 3.47. The van der Waals surface area contributed by atoms with Crippen LogP contribution in [0.3, 0.4) is 0 Å². The smallest absolute Gasteiger partial charge is 0.263 e. The Labute approximate surface area is 230 Å². The fraction of sp³-hybridized carbons (Fsp3) is 0.308. The standard InChI is InChI=1S/C26H27Cl2N7O3/c1-32-9-10-35-17(13-32)14-38-22-8-7-16(11-21(22)35)30-26-29-12-18(24(31-26)33(2)15-36)25(37)34(3)23-19(27)5-4-6-20(23)28/h4-8,11-12,15,17H,9-10,13-14H2,1-3H3,(H,29,30,31). The van der Waals surface area contributed by atoms with Gasteiger partial charge in [0.25, 0.3) is 5.91 Å². The number of rotatable bonds is 6. The third kappa shape index (κ3) is 4.94. The summed E-state index contributed by atoms with van der Waals surface area (Å²) in [4.78, 5) is 41.2. The van der Waals surface area contributed by atoms with Gasteiger partial charge in [0.15, 0.2) is 5.82 Å². The molecule has 2 amide bonds. The van der Waals surface area contributed by atoms with Crippen LogP contribution in [0.1, 0.15) is 10.4 Å². The number of aromatic nitrogens is 2. The van der Waals surface area contributed by atoms with Crippen molar-refractivity contribution < 1.29 is 14.3 Å². The van der Waals surface area contributed by atoms with E-state index in [1.165, 1.54) is 23.0 Å². The highest BCUT2D eigenvalue weighted by atomic mass is 35.5. The van der Waals surface area contributed by atoms with Crippen LogP contribution in [0.5, 0.6) is 5.75 Å². The average Bonchev–Trinajstić information content (AvgIpc) is 2.91. The Morgan fingerprint density at radius 1 is 1.18 bits per heavy atom. The van der Waals surface area contributed by atoms with Gasteiger partial charge >= 0.3 is 0 Å². The number of piperazine rings is 1. The van der Waals surface area contributed by atoms with E-state index >= 15 is 0 Å². The number of carbonyl (C=O) groups is 2. The third-order valence-electron chi connectivity index (χ3n) is 6.71. The second-order valence-corrected chi connectivity index (χ2v) is 10.1. The lowest BCUT2D eigenvalue weighted by molar-refractivity contribution is -0.107. The molecule has 0 aliphatic carbocycles. The van der Waals surface area contributed by atoms with Crippen LogP contribution in [-0.2, 0) is 4.79 Å². The number of carbonyl (C=O) groups excluding carboxylic acids is 2. The molecule has 2 aromatic carbocycles. The highest BCUT2D eigenvalue weighted by molar-refractivity contribution is 6.40. The molecule has 1 aromatic heterocycles. The Hall–Kier alpha value is -3.60. The van der Waals surface area contributed by atoms with Gasteiger partial charge in [-0.15, -0.1) is 0 Å². The number of para-hydroxylation sites is 1. The van der Waals surface area contributed by atoms with Crippen molar-refractivity contribution in [1.82, 2.24) is 14.9 Å². The van der Waals surface area contributed by atoms with Crippen molar-refractivity contribution >= 4 is 64.3 Å². The van der Waals surface area contributed by atoms with Gasteiger partial charge in [-0.25, -0.2) is 4.98 Å². The molecule has 10 nitrogen and oxygen atoms in total. The summed E-state index contributed by atoms with van der Waals surface area (Å²) < 4.78 is 6.00. The van der Waals surface area contributed by atoms with Gasteiger partial charge in [0.05, 0.1) is 27.5 Å². The molecule has 198 valence electrons.